The molecule has 3 aromatic rings. The molecule has 0 radical (unpaired) electrons. The van der Waals surface area contributed by atoms with Crippen molar-refractivity contribution in [1.82, 2.24) is 10.2 Å². The summed E-state index contributed by atoms with van der Waals surface area (Å²) in [4.78, 5) is 25.6. The first-order valence-electron chi connectivity index (χ1n) is 10.2. The van der Waals surface area contributed by atoms with E-state index in [4.69, 9.17) is 10.5 Å². The van der Waals surface area contributed by atoms with Crippen molar-refractivity contribution in [3.8, 4) is 16.9 Å². The van der Waals surface area contributed by atoms with Gasteiger partial charge in [-0.15, -0.1) is 0 Å². The van der Waals surface area contributed by atoms with E-state index in [1.54, 1.807) is 12.1 Å². The van der Waals surface area contributed by atoms with Crippen molar-refractivity contribution in [1.29, 1.82) is 0 Å². The van der Waals surface area contributed by atoms with Crippen molar-refractivity contribution < 1.29 is 14.3 Å². The molecule has 3 aromatic carbocycles. The molecule has 1 aliphatic rings. The van der Waals surface area contributed by atoms with Crippen molar-refractivity contribution in [2.75, 3.05) is 13.2 Å². The number of fused-ring (bicyclic) bond motifs is 3. The molecule has 6 nitrogen and oxygen atoms in total. The van der Waals surface area contributed by atoms with Crippen LogP contribution in [-0.4, -0.2) is 29.9 Å². The first kappa shape index (κ1) is 20.6. The Morgan fingerprint density at radius 2 is 1.45 bits per heavy atom. The third-order valence-electron chi connectivity index (χ3n) is 5.27. The smallest absolute Gasteiger partial charge is 0.255 e. The maximum Gasteiger partial charge on any atom is 0.255 e. The van der Waals surface area contributed by atoms with Gasteiger partial charge in [0, 0.05) is 19.6 Å². The SMILES string of the molecule is NC(=O)COc1ccc(CNC(=O)CN2Cc3ccccc3-c3ccccc3C2)cc1. The van der Waals surface area contributed by atoms with Crippen LogP contribution in [0.5, 0.6) is 5.75 Å². The van der Waals surface area contributed by atoms with Gasteiger partial charge in [-0.05, 0) is 39.9 Å². The van der Waals surface area contributed by atoms with Crippen molar-refractivity contribution in [2.24, 2.45) is 5.73 Å². The van der Waals surface area contributed by atoms with Crippen LogP contribution in [0, 0.1) is 0 Å². The topological polar surface area (TPSA) is 84.7 Å². The van der Waals surface area contributed by atoms with Gasteiger partial charge in [0.1, 0.15) is 5.75 Å². The molecular weight excluding hydrogens is 390 g/mol. The summed E-state index contributed by atoms with van der Waals surface area (Å²) >= 11 is 0. The standard InChI is InChI=1S/C25H25N3O3/c26-24(29)17-31-21-11-9-18(10-12-21)13-27-25(30)16-28-14-19-5-1-3-7-22(19)23-8-4-2-6-20(23)15-28/h1-12H,13-17H2,(H2,26,29)(H,27,30). The fourth-order valence-corrected chi connectivity index (χ4v) is 3.81. The van der Waals surface area contributed by atoms with E-state index in [9.17, 15) is 9.59 Å². The number of nitrogens with zero attached hydrogens (tertiary/aromatic N) is 1. The molecule has 0 fully saturated rings. The van der Waals surface area contributed by atoms with Crippen molar-refractivity contribution >= 4 is 11.8 Å². The largest absolute Gasteiger partial charge is 0.484 e. The van der Waals surface area contributed by atoms with Gasteiger partial charge >= 0.3 is 0 Å². The van der Waals surface area contributed by atoms with Gasteiger partial charge in [0.15, 0.2) is 6.61 Å². The summed E-state index contributed by atoms with van der Waals surface area (Å²) < 4.78 is 5.25. The molecule has 4 rings (SSSR count). The fourth-order valence-electron chi connectivity index (χ4n) is 3.81. The number of hydrogen-bond donors (Lipinski definition) is 2. The highest BCUT2D eigenvalue weighted by atomic mass is 16.5. The molecule has 2 amide bonds. The fraction of sp³-hybridized carbons (Fsp3) is 0.200. The summed E-state index contributed by atoms with van der Waals surface area (Å²) in [5, 5.41) is 2.99. The maximum atomic E-state index is 12.6. The van der Waals surface area contributed by atoms with Crippen LogP contribution in [0.15, 0.2) is 72.8 Å². The van der Waals surface area contributed by atoms with Crippen LogP contribution >= 0.6 is 0 Å². The van der Waals surface area contributed by atoms with E-state index < -0.39 is 5.91 Å². The summed E-state index contributed by atoms with van der Waals surface area (Å²) in [7, 11) is 0. The molecule has 3 N–H and O–H groups in total. The van der Waals surface area contributed by atoms with Gasteiger partial charge < -0.3 is 15.8 Å². The molecule has 0 spiro atoms. The Morgan fingerprint density at radius 3 is 2.03 bits per heavy atom. The Balaban J connectivity index is 1.36. The molecule has 0 aromatic heterocycles. The number of nitrogens with two attached hydrogens (primary N) is 1. The number of carbonyl (C=O) groups excluding carboxylic acids is 2. The van der Waals surface area contributed by atoms with Gasteiger partial charge in [0.2, 0.25) is 5.91 Å². The Hall–Kier alpha value is -3.64. The van der Waals surface area contributed by atoms with E-state index in [0.717, 1.165) is 18.7 Å². The van der Waals surface area contributed by atoms with Gasteiger partial charge in [-0.2, -0.15) is 0 Å². The van der Waals surface area contributed by atoms with Crippen molar-refractivity contribution in [2.45, 2.75) is 19.6 Å². The number of rotatable bonds is 7. The highest BCUT2D eigenvalue weighted by Gasteiger charge is 2.20. The van der Waals surface area contributed by atoms with E-state index in [2.05, 4.69) is 46.6 Å². The van der Waals surface area contributed by atoms with Crippen LogP contribution in [-0.2, 0) is 29.2 Å². The summed E-state index contributed by atoms with van der Waals surface area (Å²) in [5.74, 6) is 0.0248. The number of nitrogens with one attached hydrogen (secondary N) is 1. The Bertz CT molecular complexity index is 1030. The van der Waals surface area contributed by atoms with Crippen LogP contribution in [0.1, 0.15) is 16.7 Å². The third kappa shape index (κ3) is 5.29. The van der Waals surface area contributed by atoms with Gasteiger partial charge in [-0.25, -0.2) is 0 Å². The van der Waals surface area contributed by atoms with E-state index in [1.165, 1.54) is 22.3 Å². The van der Waals surface area contributed by atoms with Crippen LogP contribution < -0.4 is 15.8 Å². The molecule has 1 heterocycles. The summed E-state index contributed by atoms with van der Waals surface area (Å²) in [6.07, 6.45) is 0. The Kier molecular flexibility index (Phi) is 6.29. The van der Waals surface area contributed by atoms with Crippen LogP contribution in [0.4, 0.5) is 0 Å². The molecule has 0 saturated carbocycles. The average molecular weight is 415 g/mol. The van der Waals surface area contributed by atoms with Crippen molar-refractivity contribution in [3.05, 3.63) is 89.5 Å². The molecule has 1 aliphatic heterocycles. The van der Waals surface area contributed by atoms with Gasteiger partial charge in [-0.1, -0.05) is 60.7 Å². The maximum absolute atomic E-state index is 12.6. The number of amides is 2. The van der Waals surface area contributed by atoms with E-state index in [-0.39, 0.29) is 12.5 Å². The predicted octanol–water partition coefficient (Wildman–Crippen LogP) is 2.85. The normalized spacial score (nSPS) is 12.9. The van der Waals surface area contributed by atoms with Gasteiger partial charge in [-0.3, -0.25) is 14.5 Å². The highest BCUT2D eigenvalue weighted by molar-refractivity contribution is 5.78. The Morgan fingerprint density at radius 1 is 0.871 bits per heavy atom. The number of carbonyl (C=O) groups is 2. The van der Waals surface area contributed by atoms with Crippen LogP contribution in [0.2, 0.25) is 0 Å². The lowest BCUT2D eigenvalue weighted by Crippen LogP contribution is -2.36. The van der Waals surface area contributed by atoms with Crippen molar-refractivity contribution in [3.63, 3.8) is 0 Å². The first-order valence-corrected chi connectivity index (χ1v) is 10.2. The molecule has 158 valence electrons. The zero-order valence-electron chi connectivity index (χ0n) is 17.2. The zero-order valence-corrected chi connectivity index (χ0v) is 17.2. The Labute approximate surface area is 181 Å². The monoisotopic (exact) mass is 415 g/mol. The van der Waals surface area contributed by atoms with Crippen LogP contribution in [0.3, 0.4) is 0 Å². The van der Waals surface area contributed by atoms with E-state index in [1.807, 2.05) is 24.3 Å². The molecule has 6 heteroatoms. The molecular formula is C25H25N3O3. The van der Waals surface area contributed by atoms with E-state index >= 15 is 0 Å². The lowest BCUT2D eigenvalue weighted by atomic mass is 9.97. The number of ether oxygens (including phenoxy) is 1. The lowest BCUT2D eigenvalue weighted by molar-refractivity contribution is -0.122. The molecule has 0 atom stereocenters. The number of benzene rings is 3. The quantitative estimate of drug-likeness (QED) is 0.622. The highest BCUT2D eigenvalue weighted by Crippen LogP contribution is 2.32. The number of hydrogen-bond acceptors (Lipinski definition) is 4. The second kappa shape index (κ2) is 9.45. The summed E-state index contributed by atoms with van der Waals surface area (Å²) in [6, 6.07) is 24.0. The zero-order chi connectivity index (χ0) is 21.6. The molecule has 0 aliphatic carbocycles. The van der Waals surface area contributed by atoms with Gasteiger partial charge in [0.25, 0.3) is 5.91 Å². The third-order valence-corrected chi connectivity index (χ3v) is 5.27. The number of primary amides is 1. The van der Waals surface area contributed by atoms with Crippen LogP contribution in [0.25, 0.3) is 11.1 Å². The summed E-state index contributed by atoms with van der Waals surface area (Å²) in [6.45, 7) is 2.05. The molecule has 0 saturated heterocycles. The average Bonchev–Trinajstić information content (AvgIpc) is 2.93. The van der Waals surface area contributed by atoms with Gasteiger partial charge in [0.05, 0.1) is 6.54 Å². The minimum absolute atomic E-state index is 0.0223. The minimum atomic E-state index is -0.518. The minimum Gasteiger partial charge on any atom is -0.484 e. The lowest BCUT2D eigenvalue weighted by Gasteiger charge is -2.20. The second-order valence-electron chi connectivity index (χ2n) is 7.64. The second-order valence-corrected chi connectivity index (χ2v) is 7.64. The predicted molar refractivity (Wildman–Crippen MR) is 119 cm³/mol. The molecule has 0 bridgehead atoms. The first-order chi connectivity index (χ1) is 15.1. The van der Waals surface area contributed by atoms with E-state index in [0.29, 0.717) is 18.8 Å². The summed E-state index contributed by atoms with van der Waals surface area (Å²) in [5.41, 5.74) is 11.0. The molecule has 0 unspecified atom stereocenters. The molecule has 31 heavy (non-hydrogen) atoms.